The lowest BCUT2D eigenvalue weighted by Crippen LogP contribution is -2.47. The van der Waals surface area contributed by atoms with Crippen molar-refractivity contribution < 1.29 is 13.7 Å². The highest BCUT2D eigenvalue weighted by atomic mass is 19.1. The van der Waals surface area contributed by atoms with Gasteiger partial charge in [-0.05, 0) is 61.8 Å². The number of fused-ring (bicyclic) bond motifs is 2. The fraction of sp³-hybridized carbons (Fsp3) is 0.526. The van der Waals surface area contributed by atoms with Crippen molar-refractivity contribution in [2.75, 3.05) is 13.1 Å². The molecule has 1 saturated heterocycles. The quantitative estimate of drug-likeness (QED) is 0.860. The molecule has 2 heterocycles. The molecule has 1 aliphatic heterocycles. The Morgan fingerprint density at radius 3 is 2.64 bits per heavy atom. The van der Waals surface area contributed by atoms with Gasteiger partial charge in [0.25, 0.3) is 0 Å². The highest BCUT2D eigenvalue weighted by Gasteiger charge is 2.54. The van der Waals surface area contributed by atoms with Crippen LogP contribution in [0.2, 0.25) is 0 Å². The molecule has 1 aromatic heterocycles. The molecule has 130 valence electrons. The Hall–Kier alpha value is -2.24. The Morgan fingerprint density at radius 1 is 1.16 bits per heavy atom. The first kappa shape index (κ1) is 15.0. The number of hydrogen-bond donors (Lipinski definition) is 0. The Kier molecular flexibility index (Phi) is 3.40. The van der Waals surface area contributed by atoms with Crippen LogP contribution in [0, 0.1) is 23.6 Å². The van der Waals surface area contributed by atoms with Crippen molar-refractivity contribution in [1.29, 1.82) is 0 Å². The molecule has 2 saturated carbocycles. The lowest BCUT2D eigenvalue weighted by atomic mass is 9.78. The summed E-state index contributed by atoms with van der Waals surface area (Å²) in [5.74, 6) is 1.95. The van der Waals surface area contributed by atoms with Crippen LogP contribution in [0.1, 0.15) is 37.5 Å². The van der Waals surface area contributed by atoms with Gasteiger partial charge in [-0.3, -0.25) is 4.79 Å². The Bertz CT molecular complexity index is 799. The van der Waals surface area contributed by atoms with Crippen molar-refractivity contribution in [2.24, 2.45) is 17.8 Å². The van der Waals surface area contributed by atoms with Gasteiger partial charge >= 0.3 is 0 Å². The molecule has 0 N–H and O–H groups in total. The summed E-state index contributed by atoms with van der Waals surface area (Å²) >= 11 is 0. The van der Waals surface area contributed by atoms with Crippen LogP contribution in [-0.2, 0) is 4.79 Å². The number of benzene rings is 1. The molecule has 4 atom stereocenters. The molecule has 0 unspecified atom stereocenters. The third-order valence-corrected chi connectivity index (χ3v) is 6.20. The molecule has 2 aliphatic carbocycles. The number of hydrogen-bond acceptors (Lipinski definition) is 4. The molecular formula is C19H20FN3O2. The van der Waals surface area contributed by atoms with Crippen molar-refractivity contribution in [3.63, 3.8) is 0 Å². The molecule has 1 amide bonds. The van der Waals surface area contributed by atoms with Crippen molar-refractivity contribution in [2.45, 2.75) is 31.6 Å². The fourth-order valence-electron chi connectivity index (χ4n) is 4.84. The maximum absolute atomic E-state index is 13.1. The molecule has 0 spiro atoms. The average molecular weight is 341 g/mol. The second-order valence-electron chi connectivity index (χ2n) is 7.53. The molecule has 6 heteroatoms. The summed E-state index contributed by atoms with van der Waals surface area (Å²) in [6.45, 7) is 1.76. The molecule has 3 fully saturated rings. The molecule has 0 radical (unpaired) electrons. The third kappa shape index (κ3) is 2.38. The Labute approximate surface area is 145 Å². The number of carbonyl (C=O) groups excluding carboxylic acids is 1. The SMILES string of the molecule is O=C([C@H]1[C@H]2CC[C@H](C2)[C@@H]1c1nc(-c2ccc(F)cc2)no1)N1CCC1. The van der Waals surface area contributed by atoms with Crippen LogP contribution < -0.4 is 0 Å². The minimum atomic E-state index is -0.291. The summed E-state index contributed by atoms with van der Waals surface area (Å²) in [6, 6.07) is 6.07. The highest BCUT2D eigenvalue weighted by molar-refractivity contribution is 5.81. The minimum absolute atomic E-state index is 0.0134. The Morgan fingerprint density at radius 2 is 1.92 bits per heavy atom. The van der Waals surface area contributed by atoms with Gasteiger partial charge in [0.1, 0.15) is 5.82 Å². The molecular weight excluding hydrogens is 321 g/mol. The van der Waals surface area contributed by atoms with Crippen molar-refractivity contribution in [1.82, 2.24) is 15.0 Å². The van der Waals surface area contributed by atoms with E-state index in [9.17, 15) is 9.18 Å². The summed E-state index contributed by atoms with van der Waals surface area (Å²) in [5, 5.41) is 4.08. The van der Waals surface area contributed by atoms with E-state index in [1.807, 2.05) is 4.90 Å². The van der Waals surface area contributed by atoms with E-state index >= 15 is 0 Å². The van der Waals surface area contributed by atoms with Gasteiger partial charge in [-0.15, -0.1) is 0 Å². The van der Waals surface area contributed by atoms with E-state index in [1.54, 1.807) is 12.1 Å². The number of halogens is 1. The zero-order valence-corrected chi connectivity index (χ0v) is 13.9. The van der Waals surface area contributed by atoms with E-state index < -0.39 is 0 Å². The van der Waals surface area contributed by atoms with Crippen LogP contribution in [0.3, 0.4) is 0 Å². The van der Waals surface area contributed by atoms with Gasteiger partial charge in [-0.2, -0.15) is 4.98 Å². The fourth-order valence-corrected chi connectivity index (χ4v) is 4.84. The molecule has 5 nitrogen and oxygen atoms in total. The van der Waals surface area contributed by atoms with Crippen LogP contribution in [0.25, 0.3) is 11.4 Å². The summed E-state index contributed by atoms with van der Waals surface area (Å²) in [5.41, 5.74) is 0.727. The van der Waals surface area contributed by atoms with E-state index in [-0.39, 0.29) is 23.6 Å². The van der Waals surface area contributed by atoms with E-state index in [0.29, 0.717) is 23.6 Å². The maximum Gasteiger partial charge on any atom is 0.231 e. The molecule has 25 heavy (non-hydrogen) atoms. The predicted molar refractivity (Wildman–Crippen MR) is 88.0 cm³/mol. The second-order valence-corrected chi connectivity index (χ2v) is 7.53. The normalized spacial score (nSPS) is 30.5. The summed E-state index contributed by atoms with van der Waals surface area (Å²) in [6.07, 6.45) is 4.45. The minimum Gasteiger partial charge on any atom is -0.342 e. The first-order valence-electron chi connectivity index (χ1n) is 9.09. The second kappa shape index (κ2) is 5.64. The standard InChI is InChI=1S/C19H20FN3O2/c20-14-6-4-11(5-7-14)17-21-18(25-22-17)15-12-2-3-13(10-12)16(15)19(24)23-8-1-9-23/h4-7,12-13,15-16H,1-3,8-10H2/t12-,13+,15+,16+/m1/s1. The molecule has 2 aromatic rings. The van der Waals surface area contributed by atoms with Crippen LogP contribution in [0.15, 0.2) is 28.8 Å². The van der Waals surface area contributed by atoms with Gasteiger partial charge < -0.3 is 9.42 Å². The zero-order chi connectivity index (χ0) is 17.0. The molecule has 3 aliphatic rings. The lowest BCUT2D eigenvalue weighted by molar-refractivity contribution is -0.141. The smallest absolute Gasteiger partial charge is 0.231 e. The van der Waals surface area contributed by atoms with Gasteiger partial charge in [0, 0.05) is 18.7 Å². The first-order valence-corrected chi connectivity index (χ1v) is 9.09. The van der Waals surface area contributed by atoms with Gasteiger partial charge in [0.15, 0.2) is 0 Å². The van der Waals surface area contributed by atoms with Crippen LogP contribution in [0.5, 0.6) is 0 Å². The number of amides is 1. The average Bonchev–Trinajstić information content (AvgIpc) is 3.28. The molecule has 1 aromatic carbocycles. The maximum atomic E-state index is 13.1. The van der Waals surface area contributed by atoms with Gasteiger partial charge in [-0.25, -0.2) is 4.39 Å². The number of aromatic nitrogens is 2. The predicted octanol–water partition coefficient (Wildman–Crippen LogP) is 3.24. The third-order valence-electron chi connectivity index (χ3n) is 6.20. The van der Waals surface area contributed by atoms with Gasteiger partial charge in [-0.1, -0.05) is 5.16 Å². The van der Waals surface area contributed by atoms with Crippen LogP contribution >= 0.6 is 0 Å². The monoisotopic (exact) mass is 341 g/mol. The number of nitrogens with zero attached hydrogens (tertiary/aromatic N) is 3. The van der Waals surface area contributed by atoms with Crippen LogP contribution in [0.4, 0.5) is 4.39 Å². The summed E-state index contributed by atoms with van der Waals surface area (Å²) in [4.78, 5) is 19.5. The topological polar surface area (TPSA) is 59.2 Å². The zero-order valence-electron chi connectivity index (χ0n) is 13.9. The van der Waals surface area contributed by atoms with Crippen molar-refractivity contribution in [3.8, 4) is 11.4 Å². The van der Waals surface area contributed by atoms with Gasteiger partial charge in [0.2, 0.25) is 17.6 Å². The summed E-state index contributed by atoms with van der Waals surface area (Å²) < 4.78 is 18.7. The highest BCUT2D eigenvalue weighted by Crippen LogP contribution is 2.57. The van der Waals surface area contributed by atoms with E-state index in [1.165, 1.54) is 12.1 Å². The molecule has 5 rings (SSSR count). The lowest BCUT2D eigenvalue weighted by Gasteiger charge is -2.37. The largest absolute Gasteiger partial charge is 0.342 e. The van der Waals surface area contributed by atoms with Crippen molar-refractivity contribution >= 4 is 5.91 Å². The van der Waals surface area contributed by atoms with Crippen molar-refractivity contribution in [3.05, 3.63) is 36.0 Å². The first-order chi connectivity index (χ1) is 12.2. The van der Waals surface area contributed by atoms with E-state index in [0.717, 1.165) is 44.3 Å². The van der Waals surface area contributed by atoms with E-state index in [4.69, 9.17) is 4.52 Å². The summed E-state index contributed by atoms with van der Waals surface area (Å²) in [7, 11) is 0. The Balaban J connectivity index is 1.45. The van der Waals surface area contributed by atoms with Gasteiger partial charge in [0.05, 0.1) is 11.8 Å². The number of likely N-dealkylation sites (tertiary alicyclic amines) is 1. The molecule has 2 bridgehead atoms. The number of rotatable bonds is 3. The van der Waals surface area contributed by atoms with Crippen LogP contribution in [-0.4, -0.2) is 34.0 Å². The van der Waals surface area contributed by atoms with E-state index in [2.05, 4.69) is 10.1 Å². The number of carbonyl (C=O) groups is 1.